The largest absolute Gasteiger partial charge is 0.342 e. The Kier molecular flexibility index (Phi) is 4.40. The normalized spacial score (nSPS) is 25.5. The van der Waals surface area contributed by atoms with Crippen molar-refractivity contribution in [3.8, 4) is 0 Å². The summed E-state index contributed by atoms with van der Waals surface area (Å²) in [5.74, 6) is 2.75. The minimum Gasteiger partial charge on any atom is -0.342 e. The minimum atomic E-state index is 0.179. The van der Waals surface area contributed by atoms with Crippen molar-refractivity contribution >= 4 is 22.9 Å². The van der Waals surface area contributed by atoms with E-state index in [4.69, 9.17) is 4.98 Å². The van der Waals surface area contributed by atoms with Crippen LogP contribution in [0.15, 0.2) is 24.3 Å². The van der Waals surface area contributed by atoms with Gasteiger partial charge in [-0.1, -0.05) is 26.0 Å². The summed E-state index contributed by atoms with van der Waals surface area (Å²) in [6, 6.07) is 8.12. The molecule has 25 heavy (non-hydrogen) atoms. The van der Waals surface area contributed by atoms with Crippen molar-refractivity contribution in [3.63, 3.8) is 0 Å². The average molecular weight is 340 g/mol. The van der Waals surface area contributed by atoms with Crippen molar-refractivity contribution in [2.24, 2.45) is 17.8 Å². The molecule has 2 fully saturated rings. The summed E-state index contributed by atoms with van der Waals surface area (Å²) in [6.07, 6.45) is 3.10. The third kappa shape index (κ3) is 3.37. The van der Waals surface area contributed by atoms with Crippen LogP contribution in [0.25, 0.3) is 11.0 Å². The van der Waals surface area contributed by atoms with Gasteiger partial charge in [0, 0.05) is 32.1 Å². The summed E-state index contributed by atoms with van der Waals surface area (Å²) in [7, 11) is 0. The Bertz CT molecular complexity index is 704. The van der Waals surface area contributed by atoms with Crippen molar-refractivity contribution in [1.29, 1.82) is 0 Å². The van der Waals surface area contributed by atoms with Gasteiger partial charge in [-0.05, 0) is 43.2 Å². The molecule has 2 atom stereocenters. The maximum absolute atomic E-state index is 12.9. The van der Waals surface area contributed by atoms with Gasteiger partial charge in [0.2, 0.25) is 11.9 Å². The number of likely N-dealkylation sites (tertiary alicyclic amines) is 1. The summed E-state index contributed by atoms with van der Waals surface area (Å²) in [6.45, 7) is 8.20. The molecule has 2 aliphatic heterocycles. The summed E-state index contributed by atoms with van der Waals surface area (Å²) >= 11 is 0. The number of carbonyl (C=O) groups is 1. The number of benzene rings is 1. The van der Waals surface area contributed by atoms with Crippen molar-refractivity contribution in [2.45, 2.75) is 33.1 Å². The van der Waals surface area contributed by atoms with Crippen LogP contribution in [-0.2, 0) is 4.79 Å². The van der Waals surface area contributed by atoms with Crippen molar-refractivity contribution in [3.05, 3.63) is 24.3 Å². The molecule has 0 saturated carbocycles. The van der Waals surface area contributed by atoms with E-state index in [0.717, 1.165) is 56.0 Å². The predicted molar refractivity (Wildman–Crippen MR) is 101 cm³/mol. The SMILES string of the molecule is C[C@@H]1C[C@H](C)CN(C(=O)C2CCN(c3nc4ccccc4[nH]3)CC2)C1. The van der Waals surface area contributed by atoms with Crippen molar-refractivity contribution < 1.29 is 4.79 Å². The Morgan fingerprint density at radius 2 is 1.80 bits per heavy atom. The molecule has 2 aliphatic rings. The Balaban J connectivity index is 1.38. The quantitative estimate of drug-likeness (QED) is 0.913. The molecule has 0 spiro atoms. The number of fused-ring (bicyclic) bond motifs is 1. The third-order valence-corrected chi connectivity index (χ3v) is 5.70. The van der Waals surface area contributed by atoms with Gasteiger partial charge in [-0.2, -0.15) is 0 Å². The Morgan fingerprint density at radius 3 is 2.48 bits per heavy atom. The maximum atomic E-state index is 12.9. The molecule has 1 N–H and O–H groups in total. The lowest BCUT2D eigenvalue weighted by atomic mass is 9.89. The molecule has 5 heteroatoms. The lowest BCUT2D eigenvalue weighted by molar-refractivity contribution is -0.138. The number of anilines is 1. The lowest BCUT2D eigenvalue weighted by Crippen LogP contribution is -2.48. The minimum absolute atomic E-state index is 0.179. The number of hydrogen-bond acceptors (Lipinski definition) is 3. The topological polar surface area (TPSA) is 52.2 Å². The van der Waals surface area contributed by atoms with Gasteiger partial charge < -0.3 is 14.8 Å². The predicted octanol–water partition coefficient (Wildman–Crippen LogP) is 3.28. The molecule has 1 aromatic heterocycles. The zero-order chi connectivity index (χ0) is 17.4. The molecule has 0 radical (unpaired) electrons. The van der Waals surface area contributed by atoms with Gasteiger partial charge in [0.05, 0.1) is 11.0 Å². The maximum Gasteiger partial charge on any atom is 0.225 e. The van der Waals surface area contributed by atoms with E-state index < -0.39 is 0 Å². The monoisotopic (exact) mass is 340 g/mol. The average Bonchev–Trinajstić information content (AvgIpc) is 3.04. The highest BCUT2D eigenvalue weighted by molar-refractivity contribution is 5.80. The number of para-hydroxylation sites is 2. The van der Waals surface area contributed by atoms with Gasteiger partial charge in [-0.3, -0.25) is 4.79 Å². The molecule has 1 amide bonds. The van der Waals surface area contributed by atoms with E-state index in [1.54, 1.807) is 0 Å². The van der Waals surface area contributed by atoms with Gasteiger partial charge in [-0.15, -0.1) is 0 Å². The molecule has 4 rings (SSSR count). The number of amides is 1. The highest BCUT2D eigenvalue weighted by Gasteiger charge is 2.32. The summed E-state index contributed by atoms with van der Waals surface area (Å²) < 4.78 is 0. The molecular weight excluding hydrogens is 312 g/mol. The fraction of sp³-hybridized carbons (Fsp3) is 0.600. The van der Waals surface area contributed by atoms with Crippen LogP contribution in [0.3, 0.4) is 0 Å². The Hall–Kier alpha value is -2.04. The summed E-state index contributed by atoms with van der Waals surface area (Å²) in [5.41, 5.74) is 2.08. The summed E-state index contributed by atoms with van der Waals surface area (Å²) in [4.78, 5) is 25.4. The number of carbonyl (C=O) groups excluding carboxylic acids is 1. The number of H-pyrrole nitrogens is 1. The van der Waals surface area contributed by atoms with E-state index in [2.05, 4.69) is 34.7 Å². The third-order valence-electron chi connectivity index (χ3n) is 5.70. The van der Waals surface area contributed by atoms with Crippen LogP contribution >= 0.6 is 0 Å². The number of aromatic nitrogens is 2. The van der Waals surface area contributed by atoms with E-state index in [9.17, 15) is 4.79 Å². The van der Waals surface area contributed by atoms with Crippen molar-refractivity contribution in [2.75, 3.05) is 31.1 Å². The summed E-state index contributed by atoms with van der Waals surface area (Å²) in [5, 5.41) is 0. The fourth-order valence-electron chi connectivity index (χ4n) is 4.53. The van der Waals surface area contributed by atoms with Crippen LogP contribution in [0.5, 0.6) is 0 Å². The number of nitrogens with zero attached hydrogens (tertiary/aromatic N) is 3. The van der Waals surface area contributed by atoms with Gasteiger partial charge in [0.25, 0.3) is 0 Å². The smallest absolute Gasteiger partial charge is 0.225 e. The van der Waals surface area contributed by atoms with E-state index in [1.165, 1.54) is 6.42 Å². The standard InChI is InChI=1S/C20H28N4O/c1-14-11-15(2)13-24(12-14)19(25)16-7-9-23(10-8-16)20-21-17-5-3-4-6-18(17)22-20/h3-6,14-16H,7-13H2,1-2H3,(H,21,22)/t14-,15+. The molecule has 2 saturated heterocycles. The van der Waals surface area contributed by atoms with Crippen LogP contribution in [0.4, 0.5) is 5.95 Å². The van der Waals surface area contributed by atoms with E-state index in [1.807, 2.05) is 18.2 Å². The first kappa shape index (κ1) is 16.4. The second-order valence-electron chi connectivity index (χ2n) is 8.03. The molecule has 134 valence electrons. The lowest BCUT2D eigenvalue weighted by Gasteiger charge is -2.39. The number of aromatic amines is 1. The first-order valence-corrected chi connectivity index (χ1v) is 9.58. The zero-order valence-corrected chi connectivity index (χ0v) is 15.2. The first-order valence-electron chi connectivity index (χ1n) is 9.58. The molecule has 1 aromatic carbocycles. The van der Waals surface area contributed by atoms with Gasteiger partial charge in [-0.25, -0.2) is 4.98 Å². The van der Waals surface area contributed by atoms with E-state index in [-0.39, 0.29) is 5.92 Å². The van der Waals surface area contributed by atoms with Gasteiger partial charge >= 0.3 is 0 Å². The Morgan fingerprint density at radius 1 is 1.12 bits per heavy atom. The molecule has 0 unspecified atom stereocenters. The fourth-order valence-corrected chi connectivity index (χ4v) is 4.53. The highest BCUT2D eigenvalue weighted by Crippen LogP contribution is 2.27. The second kappa shape index (κ2) is 6.70. The number of nitrogens with one attached hydrogen (secondary N) is 1. The molecule has 0 bridgehead atoms. The number of hydrogen-bond donors (Lipinski definition) is 1. The number of imidazole rings is 1. The van der Waals surface area contributed by atoms with Crippen LogP contribution in [0.2, 0.25) is 0 Å². The second-order valence-corrected chi connectivity index (χ2v) is 8.03. The number of rotatable bonds is 2. The van der Waals surface area contributed by atoms with E-state index >= 15 is 0 Å². The van der Waals surface area contributed by atoms with Gasteiger partial charge in [0.15, 0.2) is 0 Å². The van der Waals surface area contributed by atoms with Crippen LogP contribution in [0.1, 0.15) is 33.1 Å². The zero-order valence-electron chi connectivity index (χ0n) is 15.2. The van der Waals surface area contributed by atoms with Crippen LogP contribution in [-0.4, -0.2) is 47.0 Å². The number of piperidine rings is 2. The molecular formula is C20H28N4O. The Labute approximate surface area is 149 Å². The van der Waals surface area contributed by atoms with Crippen LogP contribution in [0, 0.1) is 17.8 Å². The molecule has 5 nitrogen and oxygen atoms in total. The van der Waals surface area contributed by atoms with Gasteiger partial charge in [0.1, 0.15) is 0 Å². The molecule has 2 aromatic rings. The first-order chi connectivity index (χ1) is 12.1. The highest BCUT2D eigenvalue weighted by atomic mass is 16.2. The molecule has 0 aliphatic carbocycles. The molecule has 3 heterocycles. The van der Waals surface area contributed by atoms with Crippen molar-refractivity contribution in [1.82, 2.24) is 14.9 Å². The van der Waals surface area contributed by atoms with Crippen LogP contribution < -0.4 is 4.90 Å². The van der Waals surface area contributed by atoms with E-state index in [0.29, 0.717) is 17.7 Å².